The first-order valence-corrected chi connectivity index (χ1v) is 18.8. The van der Waals surface area contributed by atoms with Gasteiger partial charge >= 0.3 is 0 Å². The lowest BCUT2D eigenvalue weighted by atomic mass is 9.98. The van der Waals surface area contributed by atoms with Crippen LogP contribution in [0.3, 0.4) is 0 Å². The molecule has 0 bridgehead atoms. The third-order valence-corrected chi connectivity index (χ3v) is 13.9. The van der Waals surface area contributed by atoms with Gasteiger partial charge in [0, 0.05) is 11.5 Å². The van der Waals surface area contributed by atoms with E-state index in [1.54, 1.807) is 7.11 Å². The fourth-order valence-electron chi connectivity index (χ4n) is 6.46. The molecular formula is C39H47N3O7Si. The number of nitrogens with zero attached hydrogens (tertiary/aromatic N) is 3. The Balaban J connectivity index is 1.51. The Bertz CT molecular complexity index is 1600. The molecule has 264 valence electrons. The number of azide groups is 1. The largest absolute Gasteiger partial charge is 0.497 e. The SMILES string of the molecule is COc1ccc(CO[C@@H]2[C@H](O)[C@@H](OCCN=[N+]=[N-])O[C@H](CO[Si](c3ccccc3)(c3ccccc3)C(C)(C)C)[C@H]2OCc2ccccc2)cc1. The highest BCUT2D eigenvalue weighted by molar-refractivity contribution is 6.99. The zero-order valence-electron chi connectivity index (χ0n) is 29.1. The first-order valence-electron chi connectivity index (χ1n) is 16.9. The predicted octanol–water partition coefficient (Wildman–Crippen LogP) is 6.16. The Morgan fingerprint density at radius 3 is 1.84 bits per heavy atom. The summed E-state index contributed by atoms with van der Waals surface area (Å²) < 4.78 is 38.3. The quantitative estimate of drug-likeness (QED) is 0.0490. The van der Waals surface area contributed by atoms with Crippen molar-refractivity contribution in [2.45, 2.75) is 69.7 Å². The molecule has 50 heavy (non-hydrogen) atoms. The molecule has 5 atom stereocenters. The summed E-state index contributed by atoms with van der Waals surface area (Å²) in [7, 11) is -1.35. The molecule has 10 nitrogen and oxygen atoms in total. The molecule has 1 saturated heterocycles. The van der Waals surface area contributed by atoms with Gasteiger partial charge in [0.25, 0.3) is 8.32 Å². The van der Waals surface area contributed by atoms with Crippen molar-refractivity contribution in [2.24, 2.45) is 5.11 Å². The molecule has 4 aromatic carbocycles. The Kier molecular flexibility index (Phi) is 13.2. The van der Waals surface area contributed by atoms with Gasteiger partial charge in [-0.25, -0.2) is 0 Å². The average molecular weight is 698 g/mol. The maximum Gasteiger partial charge on any atom is 0.261 e. The molecule has 0 saturated carbocycles. The Hall–Kier alpha value is -4.03. The van der Waals surface area contributed by atoms with Gasteiger partial charge in [-0.3, -0.25) is 0 Å². The Labute approximate surface area is 295 Å². The van der Waals surface area contributed by atoms with Crippen LogP contribution in [-0.4, -0.2) is 71.0 Å². The lowest BCUT2D eigenvalue weighted by Crippen LogP contribution is -2.68. The number of hydrogen-bond acceptors (Lipinski definition) is 8. The summed E-state index contributed by atoms with van der Waals surface area (Å²) in [4.78, 5) is 2.82. The fourth-order valence-corrected chi connectivity index (χ4v) is 11.0. The summed E-state index contributed by atoms with van der Waals surface area (Å²) in [6, 6.07) is 38.2. The lowest BCUT2D eigenvalue weighted by Gasteiger charge is -2.47. The molecule has 4 aromatic rings. The topological polar surface area (TPSA) is 124 Å². The second kappa shape index (κ2) is 17.8. The van der Waals surface area contributed by atoms with E-state index in [0.29, 0.717) is 0 Å². The van der Waals surface area contributed by atoms with Crippen LogP contribution in [0.5, 0.6) is 5.75 Å². The van der Waals surface area contributed by atoms with Crippen LogP contribution in [0, 0.1) is 0 Å². The van der Waals surface area contributed by atoms with Gasteiger partial charge in [-0.2, -0.15) is 0 Å². The van der Waals surface area contributed by atoms with Crippen LogP contribution in [0.4, 0.5) is 0 Å². The first-order chi connectivity index (χ1) is 24.3. The molecular weight excluding hydrogens is 651 g/mol. The second-order valence-corrected chi connectivity index (χ2v) is 17.5. The molecule has 1 aliphatic rings. The van der Waals surface area contributed by atoms with Crippen LogP contribution in [-0.2, 0) is 36.6 Å². The van der Waals surface area contributed by atoms with Crippen molar-refractivity contribution in [3.8, 4) is 5.75 Å². The maximum absolute atomic E-state index is 11.7. The summed E-state index contributed by atoms with van der Waals surface area (Å²) in [5, 5.41) is 17.3. The van der Waals surface area contributed by atoms with E-state index in [-0.39, 0.29) is 38.0 Å². The fraction of sp³-hybridized carbons (Fsp3) is 0.385. The molecule has 0 aliphatic carbocycles. The van der Waals surface area contributed by atoms with E-state index < -0.39 is 39.0 Å². The Morgan fingerprint density at radius 1 is 0.760 bits per heavy atom. The predicted molar refractivity (Wildman–Crippen MR) is 195 cm³/mol. The van der Waals surface area contributed by atoms with Crippen LogP contribution in [0.1, 0.15) is 31.9 Å². The van der Waals surface area contributed by atoms with Crippen LogP contribution in [0.25, 0.3) is 10.4 Å². The summed E-state index contributed by atoms with van der Waals surface area (Å²) in [6.07, 6.45) is -4.60. The second-order valence-electron chi connectivity index (χ2n) is 13.2. The summed E-state index contributed by atoms with van der Waals surface area (Å²) >= 11 is 0. The zero-order chi connectivity index (χ0) is 35.4. The van der Waals surface area contributed by atoms with Crippen molar-refractivity contribution in [3.63, 3.8) is 0 Å². The van der Waals surface area contributed by atoms with Gasteiger partial charge in [0.2, 0.25) is 0 Å². The van der Waals surface area contributed by atoms with Gasteiger partial charge in [-0.1, -0.05) is 129 Å². The van der Waals surface area contributed by atoms with Gasteiger partial charge in [0.05, 0.1) is 33.5 Å². The van der Waals surface area contributed by atoms with Crippen molar-refractivity contribution >= 4 is 18.7 Å². The van der Waals surface area contributed by atoms with Crippen LogP contribution in [0.2, 0.25) is 5.04 Å². The average Bonchev–Trinajstić information content (AvgIpc) is 3.14. The van der Waals surface area contributed by atoms with Gasteiger partial charge in [0.1, 0.15) is 30.2 Å². The number of methoxy groups -OCH3 is 1. The van der Waals surface area contributed by atoms with E-state index >= 15 is 0 Å². The van der Waals surface area contributed by atoms with E-state index in [1.165, 1.54) is 0 Å². The number of aliphatic hydroxyl groups excluding tert-OH is 1. The molecule has 0 spiro atoms. The minimum absolute atomic E-state index is 0.0504. The first kappa shape index (κ1) is 37.2. The lowest BCUT2D eigenvalue weighted by molar-refractivity contribution is -0.315. The van der Waals surface area contributed by atoms with Crippen LogP contribution >= 0.6 is 0 Å². The Morgan fingerprint density at radius 2 is 1.30 bits per heavy atom. The van der Waals surface area contributed by atoms with E-state index in [0.717, 1.165) is 27.2 Å². The molecule has 1 heterocycles. The smallest absolute Gasteiger partial charge is 0.261 e. The van der Waals surface area contributed by atoms with E-state index in [2.05, 4.69) is 55.1 Å². The van der Waals surface area contributed by atoms with Gasteiger partial charge in [-0.15, -0.1) is 0 Å². The zero-order valence-corrected chi connectivity index (χ0v) is 30.1. The molecule has 1 fully saturated rings. The van der Waals surface area contributed by atoms with E-state index in [9.17, 15) is 5.11 Å². The molecule has 0 aromatic heterocycles. The maximum atomic E-state index is 11.7. The highest BCUT2D eigenvalue weighted by Crippen LogP contribution is 2.38. The van der Waals surface area contributed by atoms with Gasteiger partial charge < -0.3 is 33.2 Å². The summed E-state index contributed by atoms with van der Waals surface area (Å²) in [5.41, 5.74) is 10.7. The van der Waals surface area contributed by atoms with Crippen molar-refractivity contribution in [3.05, 3.63) is 137 Å². The van der Waals surface area contributed by atoms with Gasteiger partial charge in [-0.05, 0) is 44.2 Å². The summed E-state index contributed by atoms with van der Waals surface area (Å²) in [6.45, 7) is 7.39. The highest BCUT2D eigenvalue weighted by Gasteiger charge is 2.53. The molecule has 1 aliphatic heterocycles. The number of hydrogen-bond donors (Lipinski definition) is 1. The monoisotopic (exact) mass is 697 g/mol. The van der Waals surface area contributed by atoms with E-state index in [1.807, 2.05) is 91.0 Å². The molecule has 0 radical (unpaired) electrons. The number of aliphatic hydroxyl groups is 1. The summed E-state index contributed by atoms with van der Waals surface area (Å²) in [5.74, 6) is 0.734. The third kappa shape index (κ3) is 9.00. The molecule has 1 N–H and O–H groups in total. The minimum atomic E-state index is -2.97. The minimum Gasteiger partial charge on any atom is -0.497 e. The van der Waals surface area contributed by atoms with Crippen molar-refractivity contribution in [1.29, 1.82) is 0 Å². The van der Waals surface area contributed by atoms with Crippen LogP contribution < -0.4 is 15.1 Å². The molecule has 0 amide bonds. The van der Waals surface area contributed by atoms with Crippen molar-refractivity contribution in [2.75, 3.05) is 26.9 Å². The van der Waals surface area contributed by atoms with Crippen LogP contribution in [0.15, 0.2) is 120 Å². The molecule has 11 heteroatoms. The van der Waals surface area contributed by atoms with Gasteiger partial charge in [0.15, 0.2) is 6.29 Å². The number of rotatable bonds is 16. The third-order valence-electron chi connectivity index (χ3n) is 8.92. The normalized spacial score (nSPS) is 20.9. The standard InChI is InChI=1S/C39H47N3O7Si/c1-39(2,3)50(32-16-10-6-11-17-32,33-18-12-7-13-19-33)48-28-34-36(46-26-29-14-8-5-9-15-29)37(35(43)38(49-34)45-25-24-41-42-40)47-27-30-20-22-31(44-4)23-21-30/h5-23,34-38,43H,24-28H2,1-4H3/t34-,35+,36-,37-,38+/m1/s1. The number of benzene rings is 4. The number of ether oxygens (including phenoxy) is 5. The highest BCUT2D eigenvalue weighted by atomic mass is 28.4. The molecule has 5 rings (SSSR count). The van der Waals surface area contributed by atoms with Crippen molar-refractivity contribution in [1.82, 2.24) is 0 Å². The van der Waals surface area contributed by atoms with E-state index in [4.69, 9.17) is 33.6 Å². The van der Waals surface area contributed by atoms with Crippen molar-refractivity contribution < 1.29 is 33.2 Å². The molecule has 0 unspecified atom stereocenters.